The summed E-state index contributed by atoms with van der Waals surface area (Å²) in [4.78, 5) is 72.5. The van der Waals surface area contributed by atoms with E-state index in [1.807, 2.05) is 96.9 Å². The summed E-state index contributed by atoms with van der Waals surface area (Å²) in [5.74, 6) is -1.51. The van der Waals surface area contributed by atoms with Crippen molar-refractivity contribution in [3.63, 3.8) is 0 Å². The minimum absolute atomic E-state index is 0. The number of carbonyl (C=O) groups is 4. The van der Waals surface area contributed by atoms with E-state index in [1.165, 1.54) is 24.3 Å². The molecule has 2 saturated carbocycles. The van der Waals surface area contributed by atoms with Crippen LogP contribution in [0.2, 0.25) is 0 Å². The topological polar surface area (TPSA) is 368 Å². The van der Waals surface area contributed by atoms with Crippen LogP contribution in [-0.4, -0.2) is 146 Å². The average molecular weight is 1650 g/mol. The number of esters is 4. The summed E-state index contributed by atoms with van der Waals surface area (Å²) in [7, 11) is -8.54. The van der Waals surface area contributed by atoms with Crippen LogP contribution in [0.25, 0.3) is 0 Å². The van der Waals surface area contributed by atoms with Gasteiger partial charge >= 0.3 is 23.9 Å². The van der Waals surface area contributed by atoms with E-state index < -0.39 is 65.8 Å². The number of hydrogen-bond donors (Lipinski definition) is 4. The molecular weight excluding hydrogens is 1540 g/mol. The van der Waals surface area contributed by atoms with Crippen molar-refractivity contribution in [2.45, 2.75) is 230 Å². The number of aromatic hydroxyl groups is 4. The molecule has 0 amide bonds. The molecule has 0 spiro atoms. The van der Waals surface area contributed by atoms with E-state index in [4.69, 9.17) is 48.4 Å². The summed E-state index contributed by atoms with van der Waals surface area (Å²) in [6, 6.07) is 23.2. The molecule has 0 unspecified atom stereocenters. The van der Waals surface area contributed by atoms with Gasteiger partial charge in [-0.15, -0.1) is 0 Å². The van der Waals surface area contributed by atoms with Gasteiger partial charge < -0.3 is 58.0 Å². The second-order valence-corrected chi connectivity index (χ2v) is 34.0. The van der Waals surface area contributed by atoms with Crippen LogP contribution in [0.15, 0.2) is 127 Å². The van der Waals surface area contributed by atoms with Gasteiger partial charge in [0.1, 0.15) is 66.2 Å². The Bertz CT molecular complexity index is 4040. The van der Waals surface area contributed by atoms with Gasteiger partial charge in [-0.1, -0.05) is 144 Å². The van der Waals surface area contributed by atoms with E-state index in [2.05, 4.69) is 0 Å². The molecule has 4 atom stereocenters. The Labute approximate surface area is 666 Å². The van der Waals surface area contributed by atoms with Gasteiger partial charge in [-0.3, -0.25) is 39.1 Å². The summed E-state index contributed by atoms with van der Waals surface area (Å²) in [6.07, 6.45) is 12.2. The maximum absolute atomic E-state index is 13.3. The first-order valence-electron chi connectivity index (χ1n) is 36.1. The van der Waals surface area contributed by atoms with Crippen molar-refractivity contribution in [1.82, 2.24) is 0 Å². The van der Waals surface area contributed by atoms with Crippen LogP contribution in [0.3, 0.4) is 0 Å². The number of nitrogens with zero attached hydrogens (tertiary/aromatic N) is 4. The standard InChI is InChI=1S/C68H88N4O14.2C7H8O3S.2Co/c1-65(2,3)49-33-45-29-41(61(49)77)37-69-53-17-13-14-18-54(53)70-38-42-30-46(34-50(62(42)78)66(4,5)6)85-59(75)23-27-82-28-24-60(76)86-48-32-44(64(80)52(36-48)68(10,11)12)40-72-56-20-16-15-19-55(56)71-39-43-31-47(35-51(63(43)79)67(7,8)9)84-58(74)22-26-81-25-21-57(73)83-45;2*1-6-2-4-7(5-3-6)11(8,9)10;;/h29-40,53-56,77-80H,13-28H2,1-12H3;2*2-5H,1H3,(H,8,9,10);;/p-2/t53-,54-,55-,56-;;;;/m1..../s1. The first kappa shape index (κ1) is 92.4. The normalized spacial score (nSPS) is 18.6. The minimum atomic E-state index is -4.27. The zero-order valence-corrected chi connectivity index (χ0v) is 68.5. The quantitative estimate of drug-likeness (QED) is 0.0710. The Morgan fingerprint density at radius 3 is 0.736 bits per heavy atom. The molecule has 2 fully saturated rings. The van der Waals surface area contributed by atoms with Gasteiger partial charge in [0.25, 0.3) is 0 Å². The third kappa shape index (κ3) is 28.2. The molecule has 24 nitrogen and oxygen atoms in total. The molecule has 3 aliphatic rings. The summed E-state index contributed by atoms with van der Waals surface area (Å²) in [5.41, 5.74) is 3.25. The molecule has 6 aromatic rings. The smallest absolute Gasteiger partial charge is 0.313 e. The number of carbonyl (C=O) groups excluding carboxylic acids is 4. The summed E-state index contributed by atoms with van der Waals surface area (Å²) in [6.45, 7) is 26.7. The molecule has 1 aliphatic heterocycles. The molecule has 28 heteroatoms. The molecule has 8 bridgehead atoms. The first-order chi connectivity index (χ1) is 50.4. The van der Waals surface area contributed by atoms with Crippen molar-refractivity contribution in [1.29, 1.82) is 0 Å². The predicted octanol–water partition coefficient (Wildman–Crippen LogP) is 14.1. The van der Waals surface area contributed by atoms with Crippen LogP contribution < -0.4 is 18.9 Å². The number of hydrogen-bond acceptors (Lipinski definition) is 24. The van der Waals surface area contributed by atoms with Gasteiger partial charge in [0.15, 0.2) is 0 Å². The van der Waals surface area contributed by atoms with Crippen LogP contribution >= 0.6 is 0 Å². The first-order valence-corrected chi connectivity index (χ1v) is 38.9. The van der Waals surface area contributed by atoms with Crippen LogP contribution in [0.4, 0.5) is 0 Å². The number of ether oxygens (including phenoxy) is 6. The summed E-state index contributed by atoms with van der Waals surface area (Å²) in [5, 5.41) is 46.3. The van der Waals surface area contributed by atoms with Crippen molar-refractivity contribution >= 4 is 69.0 Å². The Hall–Kier alpha value is -8.17. The number of phenols is 4. The molecule has 110 heavy (non-hydrogen) atoms. The zero-order valence-electron chi connectivity index (χ0n) is 64.8. The number of rotatable bonds is 2. The fraction of sp³-hybridized carbons (Fsp3) is 0.463. The molecule has 602 valence electrons. The van der Waals surface area contributed by atoms with Crippen LogP contribution in [0.1, 0.15) is 216 Å². The van der Waals surface area contributed by atoms with Crippen molar-refractivity contribution in [3.8, 4) is 46.0 Å². The molecule has 0 aromatic heterocycles. The van der Waals surface area contributed by atoms with E-state index in [9.17, 15) is 65.5 Å². The van der Waals surface area contributed by atoms with Gasteiger partial charge in [0.2, 0.25) is 0 Å². The van der Waals surface area contributed by atoms with E-state index >= 15 is 0 Å². The Balaban J connectivity index is 0.000000771. The average Bonchev–Trinajstić information content (AvgIpc) is 0.812. The zero-order chi connectivity index (χ0) is 79.7. The van der Waals surface area contributed by atoms with Crippen molar-refractivity contribution in [3.05, 3.63) is 153 Å². The molecular formula is C82H102Co2N4O20S2-2. The Kier molecular flexibility index (Phi) is 33.9. The SMILES string of the molecule is CC(C)(C)c1cc2cc(c1O)C=N[C@@H]1CCCC[C@H]1N=Cc1cc(cc(C(C)(C)C)c1O)OC(=O)CCOCCC(=O)Oc1cc(c(O)c(C(C)(C)C)c1)C=N[C@@H]1CCCC[C@H]1N=Cc1cc(cc(C(C)(C)C)c1O)OC(=O)CCOCCC(=O)O2.Cc1ccc(S(=O)(=O)[O-])cc1.Cc1ccc(S(=O)(=O)[O-])cc1.[Co].[Co]. The van der Waals surface area contributed by atoms with Crippen molar-refractivity contribution in [2.75, 3.05) is 26.4 Å². The van der Waals surface area contributed by atoms with E-state index in [1.54, 1.807) is 97.7 Å². The predicted molar refractivity (Wildman–Crippen MR) is 411 cm³/mol. The third-order valence-electron chi connectivity index (χ3n) is 18.0. The summed E-state index contributed by atoms with van der Waals surface area (Å²) >= 11 is 0. The minimum Gasteiger partial charge on any atom is -0.744 e. The number of benzene rings is 6. The van der Waals surface area contributed by atoms with Gasteiger partial charge in [-0.25, -0.2) is 16.8 Å². The van der Waals surface area contributed by atoms with Crippen molar-refractivity contribution < 1.29 is 128 Å². The van der Waals surface area contributed by atoms with Crippen LogP contribution in [0, 0.1) is 13.8 Å². The molecule has 2 aliphatic carbocycles. The molecule has 9 rings (SSSR count). The maximum atomic E-state index is 13.3. The fourth-order valence-corrected chi connectivity index (χ4v) is 12.9. The molecule has 1 heterocycles. The Morgan fingerprint density at radius 1 is 0.355 bits per heavy atom. The molecule has 6 aromatic carbocycles. The molecule has 2 radical (unpaired) electrons. The van der Waals surface area contributed by atoms with E-state index in [0.717, 1.165) is 36.8 Å². The van der Waals surface area contributed by atoms with E-state index in [-0.39, 0.29) is 166 Å². The largest absolute Gasteiger partial charge is 0.744 e. The number of aryl methyl sites for hydroxylation is 2. The maximum Gasteiger partial charge on any atom is 0.313 e. The van der Waals surface area contributed by atoms with Crippen LogP contribution in [-0.2, 0) is 104 Å². The molecule has 0 saturated heterocycles. The summed E-state index contributed by atoms with van der Waals surface area (Å²) < 4.78 is 97.0. The third-order valence-corrected chi connectivity index (χ3v) is 19.7. The number of aliphatic imine (C=N–C) groups is 4. The fourth-order valence-electron chi connectivity index (χ4n) is 12.0. The van der Waals surface area contributed by atoms with Gasteiger partial charge in [-0.2, -0.15) is 0 Å². The monoisotopic (exact) mass is 1640 g/mol. The number of fused-ring (bicyclic) bond motifs is 10. The van der Waals surface area contributed by atoms with E-state index in [0.29, 0.717) is 70.2 Å². The number of phenolic OH excluding ortho intramolecular Hbond substituents is 4. The van der Waals surface area contributed by atoms with Gasteiger partial charge in [-0.05, 0) is 134 Å². The second-order valence-electron chi connectivity index (χ2n) is 31.2. The van der Waals surface area contributed by atoms with Crippen molar-refractivity contribution in [2.24, 2.45) is 20.0 Å². The van der Waals surface area contributed by atoms with Crippen LogP contribution in [0.5, 0.6) is 46.0 Å². The molecule has 4 N–H and O–H groups in total. The van der Waals surface area contributed by atoms with Gasteiger partial charge in [0, 0.05) is 103 Å². The second kappa shape index (κ2) is 40.3. The Morgan fingerprint density at radius 2 is 0.555 bits per heavy atom. The van der Waals surface area contributed by atoms with Gasteiger partial charge in [0.05, 0.1) is 86.1 Å².